The van der Waals surface area contributed by atoms with Crippen molar-refractivity contribution in [1.82, 2.24) is 5.43 Å². The normalized spacial score (nSPS) is 15.6. The van der Waals surface area contributed by atoms with E-state index in [9.17, 15) is 0 Å². The molecule has 0 atom stereocenters. The highest BCUT2D eigenvalue weighted by Gasteiger charge is 2.09. The summed E-state index contributed by atoms with van der Waals surface area (Å²) in [5.41, 5.74) is 5.45. The summed E-state index contributed by atoms with van der Waals surface area (Å²) in [4.78, 5) is 4.31. The van der Waals surface area contributed by atoms with Gasteiger partial charge in [-0.15, -0.1) is 0 Å². The number of allylic oxidation sites excluding steroid dienone is 1. The van der Waals surface area contributed by atoms with Crippen molar-refractivity contribution in [2.75, 3.05) is 0 Å². The fraction of sp³-hybridized carbons (Fsp3) is 0.0909. The molecule has 14 heavy (non-hydrogen) atoms. The molecule has 0 aromatic heterocycles. The van der Waals surface area contributed by atoms with Crippen molar-refractivity contribution in [3.63, 3.8) is 0 Å². The number of aliphatic imine (C=N–C) groups is 1. The maximum atomic E-state index is 4.31. The van der Waals surface area contributed by atoms with Gasteiger partial charge in [0.25, 0.3) is 0 Å². The highest BCUT2D eigenvalue weighted by molar-refractivity contribution is 6.08. The predicted octanol–water partition coefficient (Wildman–Crippen LogP) is 1.93. The summed E-state index contributed by atoms with van der Waals surface area (Å²) in [5.74, 6) is 0.751. The summed E-state index contributed by atoms with van der Waals surface area (Å²) in [6.07, 6.45) is 0. The fourth-order valence-corrected chi connectivity index (χ4v) is 1.17. The van der Waals surface area contributed by atoms with E-state index in [0.717, 1.165) is 17.1 Å². The Morgan fingerprint density at radius 1 is 1.21 bits per heavy atom. The van der Waals surface area contributed by atoms with Crippen LogP contribution in [0.3, 0.4) is 0 Å². The van der Waals surface area contributed by atoms with E-state index in [4.69, 9.17) is 0 Å². The molecule has 0 bridgehead atoms. The minimum Gasteiger partial charge on any atom is -0.261 e. The highest BCUT2D eigenvalue weighted by atomic mass is 15.3. The van der Waals surface area contributed by atoms with Crippen molar-refractivity contribution in [3.05, 3.63) is 48.2 Å². The van der Waals surface area contributed by atoms with Gasteiger partial charge in [-0.25, -0.2) is 4.99 Å². The average molecular weight is 185 g/mol. The van der Waals surface area contributed by atoms with E-state index in [1.807, 2.05) is 37.3 Å². The molecule has 1 aliphatic rings. The van der Waals surface area contributed by atoms with Gasteiger partial charge in [0, 0.05) is 5.56 Å². The van der Waals surface area contributed by atoms with Crippen LogP contribution < -0.4 is 5.43 Å². The Morgan fingerprint density at radius 3 is 2.57 bits per heavy atom. The fourth-order valence-electron chi connectivity index (χ4n) is 1.17. The van der Waals surface area contributed by atoms with Crippen molar-refractivity contribution < 1.29 is 0 Å². The molecule has 0 unspecified atom stereocenters. The molecule has 3 heteroatoms. The number of nitrogens with zero attached hydrogens (tertiary/aromatic N) is 2. The lowest BCUT2D eigenvalue weighted by Gasteiger charge is -2.12. The van der Waals surface area contributed by atoms with Gasteiger partial charge in [-0.05, 0) is 6.92 Å². The van der Waals surface area contributed by atoms with Gasteiger partial charge in [0.1, 0.15) is 0 Å². The second-order valence-electron chi connectivity index (χ2n) is 3.08. The summed E-state index contributed by atoms with van der Waals surface area (Å²) in [6.45, 7) is 5.69. The summed E-state index contributed by atoms with van der Waals surface area (Å²) in [7, 11) is 0. The minimum absolute atomic E-state index is 0.711. The zero-order valence-electron chi connectivity index (χ0n) is 7.99. The van der Waals surface area contributed by atoms with Crippen LogP contribution in [-0.2, 0) is 0 Å². The Bertz CT molecular complexity index is 415. The maximum Gasteiger partial charge on any atom is 0.154 e. The first kappa shape index (κ1) is 8.69. The van der Waals surface area contributed by atoms with E-state index in [1.165, 1.54) is 0 Å². The molecule has 0 saturated carbocycles. The SMILES string of the molecule is C=C1N=C(c2ccccc2)NN=C1C. The van der Waals surface area contributed by atoms with Crippen molar-refractivity contribution in [3.8, 4) is 0 Å². The second kappa shape index (κ2) is 3.46. The molecule has 0 spiro atoms. The summed E-state index contributed by atoms with van der Waals surface area (Å²) >= 11 is 0. The lowest BCUT2D eigenvalue weighted by Crippen LogP contribution is -2.25. The summed E-state index contributed by atoms with van der Waals surface area (Å²) in [5, 5.41) is 4.11. The number of hydrogen-bond donors (Lipinski definition) is 1. The van der Waals surface area contributed by atoms with Crippen LogP contribution >= 0.6 is 0 Å². The minimum atomic E-state index is 0.711. The van der Waals surface area contributed by atoms with Crippen LogP contribution in [-0.4, -0.2) is 11.5 Å². The largest absolute Gasteiger partial charge is 0.261 e. The first-order valence-electron chi connectivity index (χ1n) is 4.41. The molecule has 0 fully saturated rings. The van der Waals surface area contributed by atoms with Gasteiger partial charge in [-0.3, -0.25) is 5.43 Å². The molecular weight excluding hydrogens is 174 g/mol. The third kappa shape index (κ3) is 1.57. The molecule has 0 amide bonds. The molecule has 0 aliphatic carbocycles. The molecule has 3 nitrogen and oxygen atoms in total. The van der Waals surface area contributed by atoms with Gasteiger partial charge in [-0.1, -0.05) is 36.9 Å². The van der Waals surface area contributed by atoms with E-state index >= 15 is 0 Å². The highest BCUT2D eigenvalue weighted by Crippen LogP contribution is 2.07. The molecule has 1 N–H and O–H groups in total. The standard InChI is InChI=1S/C11H11N3/c1-8-9(2)13-14-11(12-8)10-6-4-3-5-7-10/h3-7H,1H2,2H3,(H,12,14). The quantitative estimate of drug-likeness (QED) is 0.713. The number of hydrazone groups is 1. The van der Waals surface area contributed by atoms with Crippen molar-refractivity contribution in [2.45, 2.75) is 6.92 Å². The molecule has 0 radical (unpaired) electrons. The van der Waals surface area contributed by atoms with Crippen LogP contribution in [0, 0.1) is 0 Å². The van der Waals surface area contributed by atoms with E-state index in [-0.39, 0.29) is 0 Å². The van der Waals surface area contributed by atoms with E-state index in [0.29, 0.717) is 5.70 Å². The Hall–Kier alpha value is -1.90. The lowest BCUT2D eigenvalue weighted by molar-refractivity contribution is 0.992. The Labute approximate surface area is 82.9 Å². The maximum absolute atomic E-state index is 4.31. The van der Waals surface area contributed by atoms with Crippen molar-refractivity contribution in [2.24, 2.45) is 10.1 Å². The molecule has 1 aromatic carbocycles. The Balaban J connectivity index is 2.31. The zero-order valence-corrected chi connectivity index (χ0v) is 7.99. The van der Waals surface area contributed by atoms with Crippen molar-refractivity contribution >= 4 is 11.5 Å². The lowest BCUT2D eigenvalue weighted by atomic mass is 10.2. The second-order valence-corrected chi connectivity index (χ2v) is 3.08. The molecule has 1 aliphatic heterocycles. The molecular formula is C11H11N3. The first-order chi connectivity index (χ1) is 6.77. The van der Waals surface area contributed by atoms with E-state index < -0.39 is 0 Å². The summed E-state index contributed by atoms with van der Waals surface area (Å²) < 4.78 is 0. The van der Waals surface area contributed by atoms with Gasteiger partial charge in [0.2, 0.25) is 0 Å². The third-order valence-electron chi connectivity index (χ3n) is 2.04. The van der Waals surface area contributed by atoms with E-state index in [2.05, 4.69) is 22.1 Å². The number of rotatable bonds is 1. The first-order valence-corrected chi connectivity index (χ1v) is 4.41. The van der Waals surface area contributed by atoms with Gasteiger partial charge in [0.15, 0.2) is 5.84 Å². The van der Waals surface area contributed by atoms with Gasteiger partial charge < -0.3 is 0 Å². The predicted molar refractivity (Wildman–Crippen MR) is 58.4 cm³/mol. The zero-order chi connectivity index (χ0) is 9.97. The molecule has 1 aromatic rings. The Kier molecular flexibility index (Phi) is 2.14. The van der Waals surface area contributed by atoms with E-state index in [1.54, 1.807) is 0 Å². The number of nitrogens with one attached hydrogen (secondary N) is 1. The summed E-state index contributed by atoms with van der Waals surface area (Å²) in [6, 6.07) is 9.86. The molecule has 2 rings (SSSR count). The Morgan fingerprint density at radius 2 is 1.93 bits per heavy atom. The number of hydrogen-bond acceptors (Lipinski definition) is 3. The van der Waals surface area contributed by atoms with Crippen LogP contribution in [0.25, 0.3) is 0 Å². The van der Waals surface area contributed by atoms with Crippen LogP contribution in [0.1, 0.15) is 12.5 Å². The third-order valence-corrected chi connectivity index (χ3v) is 2.04. The topological polar surface area (TPSA) is 36.8 Å². The van der Waals surface area contributed by atoms with Crippen LogP contribution in [0.5, 0.6) is 0 Å². The average Bonchev–Trinajstić information content (AvgIpc) is 2.23. The number of amidine groups is 1. The molecule has 0 saturated heterocycles. The number of benzene rings is 1. The smallest absolute Gasteiger partial charge is 0.154 e. The van der Waals surface area contributed by atoms with Crippen LogP contribution in [0.2, 0.25) is 0 Å². The van der Waals surface area contributed by atoms with Crippen LogP contribution in [0.15, 0.2) is 52.7 Å². The van der Waals surface area contributed by atoms with Gasteiger partial charge >= 0.3 is 0 Å². The monoisotopic (exact) mass is 185 g/mol. The van der Waals surface area contributed by atoms with Crippen molar-refractivity contribution in [1.29, 1.82) is 0 Å². The van der Waals surface area contributed by atoms with Gasteiger partial charge in [-0.2, -0.15) is 5.10 Å². The molecule has 70 valence electrons. The van der Waals surface area contributed by atoms with Crippen LogP contribution in [0.4, 0.5) is 0 Å². The molecule has 1 heterocycles. The van der Waals surface area contributed by atoms with Gasteiger partial charge in [0.05, 0.1) is 11.4 Å².